The van der Waals surface area contributed by atoms with Crippen LogP contribution in [-0.4, -0.2) is 12.6 Å². The SMILES string of the molecule is CCONC1CCCC1C#N. The summed E-state index contributed by atoms with van der Waals surface area (Å²) in [6, 6.07) is 2.54. The first kappa shape index (κ1) is 8.51. The number of hydrogen-bond acceptors (Lipinski definition) is 3. The van der Waals surface area contributed by atoms with Crippen LogP contribution in [0.3, 0.4) is 0 Å². The van der Waals surface area contributed by atoms with Crippen molar-refractivity contribution in [2.45, 2.75) is 32.2 Å². The predicted molar refractivity (Wildman–Crippen MR) is 41.5 cm³/mol. The maximum absolute atomic E-state index is 8.69. The maximum atomic E-state index is 8.69. The van der Waals surface area contributed by atoms with Crippen molar-refractivity contribution in [1.82, 2.24) is 5.48 Å². The standard InChI is InChI=1S/C8H14N2O/c1-2-11-10-8-5-3-4-7(8)6-9/h7-8,10H,2-5H2,1H3. The highest BCUT2D eigenvalue weighted by Crippen LogP contribution is 2.24. The first-order chi connectivity index (χ1) is 5.38. The molecule has 1 fully saturated rings. The Morgan fingerprint density at radius 1 is 1.64 bits per heavy atom. The zero-order valence-corrected chi connectivity index (χ0v) is 6.84. The first-order valence-corrected chi connectivity index (χ1v) is 4.15. The van der Waals surface area contributed by atoms with Gasteiger partial charge in [-0.1, -0.05) is 6.42 Å². The number of rotatable bonds is 3. The molecule has 0 heterocycles. The van der Waals surface area contributed by atoms with Crippen LogP contribution in [0.1, 0.15) is 26.2 Å². The van der Waals surface area contributed by atoms with Crippen molar-refractivity contribution >= 4 is 0 Å². The molecule has 0 amide bonds. The minimum Gasteiger partial charge on any atom is -0.302 e. The molecule has 11 heavy (non-hydrogen) atoms. The average molecular weight is 154 g/mol. The van der Waals surface area contributed by atoms with Gasteiger partial charge in [-0.05, 0) is 19.8 Å². The van der Waals surface area contributed by atoms with Crippen LogP contribution in [0.15, 0.2) is 0 Å². The van der Waals surface area contributed by atoms with Crippen LogP contribution >= 0.6 is 0 Å². The molecule has 3 heteroatoms. The van der Waals surface area contributed by atoms with Crippen LogP contribution in [0.25, 0.3) is 0 Å². The molecule has 0 bridgehead atoms. The Morgan fingerprint density at radius 3 is 3.09 bits per heavy atom. The zero-order valence-electron chi connectivity index (χ0n) is 6.84. The predicted octanol–water partition coefficient (Wildman–Crippen LogP) is 1.22. The van der Waals surface area contributed by atoms with Crippen molar-refractivity contribution in [2.24, 2.45) is 5.92 Å². The molecule has 1 rings (SSSR count). The van der Waals surface area contributed by atoms with Gasteiger partial charge in [0.25, 0.3) is 0 Å². The highest BCUT2D eigenvalue weighted by atomic mass is 16.6. The molecule has 62 valence electrons. The molecule has 1 aliphatic rings. The van der Waals surface area contributed by atoms with E-state index in [2.05, 4.69) is 11.5 Å². The van der Waals surface area contributed by atoms with Crippen molar-refractivity contribution < 1.29 is 4.84 Å². The van der Waals surface area contributed by atoms with Gasteiger partial charge in [0.2, 0.25) is 0 Å². The number of nitriles is 1. The third-order valence-electron chi connectivity index (χ3n) is 2.06. The average Bonchev–Trinajstić information content (AvgIpc) is 2.47. The van der Waals surface area contributed by atoms with E-state index in [4.69, 9.17) is 10.1 Å². The van der Waals surface area contributed by atoms with E-state index in [1.807, 2.05) is 6.92 Å². The number of nitrogens with one attached hydrogen (secondary N) is 1. The Balaban J connectivity index is 2.27. The second-order valence-corrected chi connectivity index (χ2v) is 2.82. The summed E-state index contributed by atoms with van der Waals surface area (Å²) >= 11 is 0. The number of nitrogens with zero attached hydrogens (tertiary/aromatic N) is 1. The molecule has 1 saturated carbocycles. The van der Waals surface area contributed by atoms with E-state index in [1.165, 1.54) is 0 Å². The molecule has 2 atom stereocenters. The van der Waals surface area contributed by atoms with Crippen LogP contribution in [0.4, 0.5) is 0 Å². The molecule has 1 aliphatic carbocycles. The highest BCUT2D eigenvalue weighted by molar-refractivity contribution is 4.95. The Hall–Kier alpha value is -0.590. The Bertz CT molecular complexity index is 153. The van der Waals surface area contributed by atoms with Gasteiger partial charge < -0.3 is 4.84 Å². The minimum absolute atomic E-state index is 0.154. The zero-order chi connectivity index (χ0) is 8.10. The van der Waals surface area contributed by atoms with Crippen LogP contribution in [-0.2, 0) is 4.84 Å². The fourth-order valence-electron chi connectivity index (χ4n) is 1.45. The van der Waals surface area contributed by atoms with E-state index >= 15 is 0 Å². The first-order valence-electron chi connectivity index (χ1n) is 4.15. The normalized spacial score (nSPS) is 30.2. The smallest absolute Gasteiger partial charge is 0.0673 e. The summed E-state index contributed by atoms with van der Waals surface area (Å²) in [7, 11) is 0. The van der Waals surface area contributed by atoms with E-state index in [0.29, 0.717) is 6.61 Å². The van der Waals surface area contributed by atoms with E-state index in [-0.39, 0.29) is 12.0 Å². The summed E-state index contributed by atoms with van der Waals surface area (Å²) < 4.78 is 0. The lowest BCUT2D eigenvalue weighted by atomic mass is 10.1. The Labute approximate surface area is 67.3 Å². The fraction of sp³-hybridized carbons (Fsp3) is 0.875. The van der Waals surface area contributed by atoms with E-state index in [9.17, 15) is 0 Å². The topological polar surface area (TPSA) is 45.0 Å². The van der Waals surface area contributed by atoms with Gasteiger partial charge in [-0.3, -0.25) is 0 Å². The van der Waals surface area contributed by atoms with Crippen molar-refractivity contribution in [1.29, 1.82) is 5.26 Å². The number of hydroxylamine groups is 1. The summed E-state index contributed by atoms with van der Waals surface area (Å²) in [5, 5.41) is 8.69. The summed E-state index contributed by atoms with van der Waals surface area (Å²) in [4.78, 5) is 5.05. The van der Waals surface area contributed by atoms with Crippen LogP contribution in [0, 0.1) is 17.2 Å². The molecule has 2 unspecified atom stereocenters. The summed E-state index contributed by atoms with van der Waals surface area (Å²) in [6.07, 6.45) is 3.22. The third kappa shape index (κ3) is 2.18. The quantitative estimate of drug-likeness (QED) is 0.622. The lowest BCUT2D eigenvalue weighted by Gasteiger charge is -2.13. The summed E-state index contributed by atoms with van der Waals surface area (Å²) in [5.74, 6) is 0.154. The largest absolute Gasteiger partial charge is 0.302 e. The maximum Gasteiger partial charge on any atom is 0.0673 e. The second-order valence-electron chi connectivity index (χ2n) is 2.82. The molecule has 0 aromatic carbocycles. The Morgan fingerprint density at radius 2 is 2.45 bits per heavy atom. The summed E-state index contributed by atoms with van der Waals surface area (Å²) in [6.45, 7) is 2.60. The molecule has 0 aromatic rings. The van der Waals surface area contributed by atoms with Crippen LogP contribution in [0.2, 0.25) is 0 Å². The van der Waals surface area contributed by atoms with Gasteiger partial charge in [0.15, 0.2) is 0 Å². The molecule has 0 aliphatic heterocycles. The van der Waals surface area contributed by atoms with Crippen molar-refractivity contribution in [3.05, 3.63) is 0 Å². The monoisotopic (exact) mass is 154 g/mol. The van der Waals surface area contributed by atoms with Crippen LogP contribution < -0.4 is 5.48 Å². The lowest BCUT2D eigenvalue weighted by Crippen LogP contribution is -2.31. The van der Waals surface area contributed by atoms with Crippen molar-refractivity contribution in [2.75, 3.05) is 6.61 Å². The number of hydrogen-bond donors (Lipinski definition) is 1. The van der Waals surface area contributed by atoms with Gasteiger partial charge in [-0.25, -0.2) is 0 Å². The molecular formula is C8H14N2O. The highest BCUT2D eigenvalue weighted by Gasteiger charge is 2.26. The molecule has 0 spiro atoms. The van der Waals surface area contributed by atoms with Crippen molar-refractivity contribution in [3.63, 3.8) is 0 Å². The molecule has 0 saturated heterocycles. The fourth-order valence-corrected chi connectivity index (χ4v) is 1.45. The van der Waals surface area contributed by atoms with Crippen LogP contribution in [0.5, 0.6) is 0 Å². The molecule has 0 aromatic heterocycles. The van der Waals surface area contributed by atoms with E-state index in [0.717, 1.165) is 19.3 Å². The van der Waals surface area contributed by atoms with Gasteiger partial charge in [0, 0.05) is 6.04 Å². The molecular weight excluding hydrogens is 140 g/mol. The van der Waals surface area contributed by atoms with E-state index < -0.39 is 0 Å². The van der Waals surface area contributed by atoms with Gasteiger partial charge in [0.05, 0.1) is 18.6 Å². The van der Waals surface area contributed by atoms with Gasteiger partial charge in [-0.2, -0.15) is 10.7 Å². The van der Waals surface area contributed by atoms with Crippen molar-refractivity contribution in [3.8, 4) is 6.07 Å². The Kier molecular flexibility index (Phi) is 3.34. The third-order valence-corrected chi connectivity index (χ3v) is 2.06. The minimum atomic E-state index is 0.154. The second kappa shape index (κ2) is 4.32. The molecule has 0 radical (unpaired) electrons. The molecule has 3 nitrogen and oxygen atoms in total. The summed E-state index contributed by atoms with van der Waals surface area (Å²) in [5.41, 5.74) is 2.91. The van der Waals surface area contributed by atoms with Gasteiger partial charge >= 0.3 is 0 Å². The van der Waals surface area contributed by atoms with Gasteiger partial charge in [0.1, 0.15) is 0 Å². The van der Waals surface area contributed by atoms with Gasteiger partial charge in [-0.15, -0.1) is 0 Å². The molecule has 1 N–H and O–H groups in total. The van der Waals surface area contributed by atoms with E-state index in [1.54, 1.807) is 0 Å². The lowest BCUT2D eigenvalue weighted by molar-refractivity contribution is 0.0201.